The Balaban J connectivity index is 1.79. The highest BCUT2D eigenvalue weighted by atomic mass is 127. The Morgan fingerprint density at radius 3 is 2.32 bits per heavy atom. The lowest BCUT2D eigenvalue weighted by Gasteiger charge is -2.15. The van der Waals surface area contributed by atoms with E-state index in [0.717, 1.165) is 9.13 Å². The Bertz CT molecular complexity index is 712. The smallest absolute Gasteiger partial charge is 0.237 e. The minimum absolute atomic E-state index is 0.124. The molecule has 0 bridgehead atoms. The van der Waals surface area contributed by atoms with Gasteiger partial charge < -0.3 is 0 Å². The van der Waals surface area contributed by atoms with Crippen LogP contribution in [0.25, 0.3) is 0 Å². The van der Waals surface area contributed by atoms with Crippen LogP contribution in [-0.4, -0.2) is 11.8 Å². The van der Waals surface area contributed by atoms with Crippen LogP contribution in [0.5, 0.6) is 0 Å². The number of hydrogen-bond acceptors (Lipinski definition) is 2. The van der Waals surface area contributed by atoms with Crippen molar-refractivity contribution in [2.75, 3.05) is 4.90 Å². The second-order valence-corrected chi connectivity index (χ2v) is 6.96. The number of rotatable bonds is 3. The summed E-state index contributed by atoms with van der Waals surface area (Å²) < 4.78 is 1.07. The predicted octanol–water partition coefficient (Wildman–Crippen LogP) is 4.07. The summed E-state index contributed by atoms with van der Waals surface area (Å²) in [7, 11) is 0. The van der Waals surface area contributed by atoms with E-state index in [-0.39, 0.29) is 24.2 Å². The molecule has 1 atom stereocenters. The quantitative estimate of drug-likeness (QED) is 0.549. The number of halogens is 2. The number of hydrogen-bond donors (Lipinski definition) is 0. The Morgan fingerprint density at radius 2 is 1.68 bits per heavy atom. The fourth-order valence-corrected chi connectivity index (χ4v) is 3.11. The number of nitrogens with zero attached hydrogens (tertiary/aromatic N) is 1. The third kappa shape index (κ3) is 3.17. The van der Waals surface area contributed by atoms with Crippen molar-refractivity contribution in [3.63, 3.8) is 0 Å². The monoisotopic (exact) mass is 425 g/mol. The van der Waals surface area contributed by atoms with Crippen LogP contribution in [0.3, 0.4) is 0 Å². The Labute approximate surface area is 147 Å². The van der Waals surface area contributed by atoms with Gasteiger partial charge in [-0.2, -0.15) is 0 Å². The molecular formula is C17H13ClINO2. The summed E-state index contributed by atoms with van der Waals surface area (Å²) in [6.07, 6.45) is 0.816. The lowest BCUT2D eigenvalue weighted by molar-refractivity contribution is -0.122. The highest BCUT2D eigenvalue weighted by molar-refractivity contribution is 14.1. The maximum atomic E-state index is 12.5. The van der Waals surface area contributed by atoms with Gasteiger partial charge in [-0.3, -0.25) is 14.5 Å². The molecule has 3 rings (SSSR count). The Morgan fingerprint density at radius 1 is 1.05 bits per heavy atom. The average Bonchev–Trinajstić information content (AvgIpc) is 2.77. The van der Waals surface area contributed by atoms with Crippen LogP contribution in [0.4, 0.5) is 5.69 Å². The van der Waals surface area contributed by atoms with Crippen LogP contribution >= 0.6 is 34.2 Å². The molecule has 1 saturated heterocycles. The molecule has 0 saturated carbocycles. The van der Waals surface area contributed by atoms with Crippen LogP contribution in [-0.2, 0) is 16.0 Å². The van der Waals surface area contributed by atoms with Gasteiger partial charge in [-0.1, -0.05) is 23.7 Å². The molecule has 0 N–H and O–H groups in total. The minimum atomic E-state index is -0.298. The zero-order chi connectivity index (χ0) is 15.7. The van der Waals surface area contributed by atoms with Gasteiger partial charge in [-0.05, 0) is 71.0 Å². The van der Waals surface area contributed by atoms with Crippen molar-refractivity contribution in [2.45, 2.75) is 12.8 Å². The number of benzene rings is 2. The number of carbonyl (C=O) groups is 2. The zero-order valence-corrected chi connectivity index (χ0v) is 14.5. The normalized spacial score (nSPS) is 18.1. The molecule has 1 aliphatic rings. The van der Waals surface area contributed by atoms with Crippen LogP contribution in [0.2, 0.25) is 5.02 Å². The van der Waals surface area contributed by atoms with Gasteiger partial charge in [0.05, 0.1) is 11.6 Å². The zero-order valence-electron chi connectivity index (χ0n) is 11.6. The third-order valence-corrected chi connectivity index (χ3v) is 4.69. The van der Waals surface area contributed by atoms with Crippen molar-refractivity contribution < 1.29 is 9.59 Å². The lowest BCUT2D eigenvalue weighted by Crippen LogP contribution is -2.30. The maximum absolute atomic E-state index is 12.5. The molecule has 0 aliphatic carbocycles. The molecule has 0 radical (unpaired) electrons. The van der Waals surface area contributed by atoms with Gasteiger partial charge >= 0.3 is 0 Å². The first kappa shape index (κ1) is 15.5. The summed E-state index contributed by atoms with van der Waals surface area (Å²) in [5.41, 5.74) is 1.66. The van der Waals surface area contributed by atoms with Gasteiger partial charge in [0, 0.05) is 15.0 Å². The predicted molar refractivity (Wildman–Crippen MR) is 94.9 cm³/mol. The standard InChI is InChI=1S/C17H13ClINO2/c18-13-3-1-11(2-4-13)9-12-10-16(21)20(17(12)22)15-7-5-14(19)6-8-15/h1-8,12H,9-10H2/t12-/m1/s1. The molecule has 112 valence electrons. The molecule has 2 aromatic rings. The molecule has 0 spiro atoms. The average molecular weight is 426 g/mol. The van der Waals surface area contributed by atoms with Crippen LogP contribution in [0, 0.1) is 9.49 Å². The van der Waals surface area contributed by atoms with E-state index in [1.807, 2.05) is 36.4 Å². The maximum Gasteiger partial charge on any atom is 0.237 e. The first-order chi connectivity index (χ1) is 10.5. The summed E-state index contributed by atoms with van der Waals surface area (Å²) in [6, 6.07) is 14.8. The van der Waals surface area contributed by atoms with Crippen molar-refractivity contribution in [3.05, 3.63) is 62.7 Å². The molecule has 5 heteroatoms. The van der Waals surface area contributed by atoms with Gasteiger partial charge in [-0.15, -0.1) is 0 Å². The highest BCUT2D eigenvalue weighted by Gasteiger charge is 2.39. The van der Waals surface area contributed by atoms with E-state index < -0.39 is 0 Å². The molecule has 1 aliphatic heterocycles. The topological polar surface area (TPSA) is 37.4 Å². The SMILES string of the molecule is O=C1C[C@@H](Cc2ccc(Cl)cc2)C(=O)N1c1ccc(I)cc1. The fourth-order valence-electron chi connectivity index (χ4n) is 2.62. The number of imide groups is 1. The first-order valence-corrected chi connectivity index (χ1v) is 8.37. The first-order valence-electron chi connectivity index (χ1n) is 6.91. The fraction of sp³-hybridized carbons (Fsp3) is 0.176. The molecule has 0 aromatic heterocycles. The number of anilines is 1. The number of carbonyl (C=O) groups excluding carboxylic acids is 2. The molecule has 2 aromatic carbocycles. The summed E-state index contributed by atoms with van der Waals surface area (Å²) >= 11 is 8.06. The molecule has 1 fully saturated rings. The molecular weight excluding hydrogens is 413 g/mol. The van der Waals surface area contributed by atoms with Gasteiger partial charge in [-0.25, -0.2) is 0 Å². The van der Waals surface area contributed by atoms with Crippen LogP contribution in [0.15, 0.2) is 48.5 Å². The largest absolute Gasteiger partial charge is 0.274 e. The van der Waals surface area contributed by atoms with Gasteiger partial charge in [0.15, 0.2) is 0 Å². The van der Waals surface area contributed by atoms with Crippen LogP contribution in [0.1, 0.15) is 12.0 Å². The van der Waals surface area contributed by atoms with E-state index >= 15 is 0 Å². The molecule has 0 unspecified atom stereocenters. The second-order valence-electron chi connectivity index (χ2n) is 5.28. The van der Waals surface area contributed by atoms with Crippen molar-refractivity contribution in [1.82, 2.24) is 0 Å². The van der Waals surface area contributed by atoms with Crippen molar-refractivity contribution in [3.8, 4) is 0 Å². The van der Waals surface area contributed by atoms with E-state index in [2.05, 4.69) is 22.6 Å². The van der Waals surface area contributed by atoms with Crippen molar-refractivity contribution >= 4 is 51.7 Å². The van der Waals surface area contributed by atoms with Crippen LogP contribution < -0.4 is 4.90 Å². The van der Waals surface area contributed by atoms with E-state index in [1.165, 1.54) is 4.90 Å². The Kier molecular flexibility index (Phi) is 4.49. The Hall–Kier alpha value is -1.40. The van der Waals surface area contributed by atoms with E-state index in [9.17, 15) is 9.59 Å². The van der Waals surface area contributed by atoms with Crippen molar-refractivity contribution in [1.29, 1.82) is 0 Å². The molecule has 22 heavy (non-hydrogen) atoms. The van der Waals surface area contributed by atoms with E-state index in [0.29, 0.717) is 17.1 Å². The highest BCUT2D eigenvalue weighted by Crippen LogP contribution is 2.29. The summed E-state index contributed by atoms with van der Waals surface area (Å²) in [5.74, 6) is -0.556. The van der Waals surface area contributed by atoms with E-state index in [4.69, 9.17) is 11.6 Å². The minimum Gasteiger partial charge on any atom is -0.274 e. The molecule has 1 heterocycles. The van der Waals surface area contributed by atoms with Gasteiger partial charge in [0.25, 0.3) is 0 Å². The summed E-state index contributed by atoms with van der Waals surface area (Å²) in [4.78, 5) is 26.1. The van der Waals surface area contributed by atoms with Gasteiger partial charge in [0.1, 0.15) is 0 Å². The number of amides is 2. The third-order valence-electron chi connectivity index (χ3n) is 3.72. The second kappa shape index (κ2) is 6.38. The van der Waals surface area contributed by atoms with Gasteiger partial charge in [0.2, 0.25) is 11.8 Å². The van der Waals surface area contributed by atoms with Crippen molar-refractivity contribution in [2.24, 2.45) is 5.92 Å². The summed E-state index contributed by atoms with van der Waals surface area (Å²) in [5, 5.41) is 0.665. The lowest BCUT2D eigenvalue weighted by atomic mass is 9.98. The molecule has 2 amide bonds. The molecule has 3 nitrogen and oxygen atoms in total. The van der Waals surface area contributed by atoms with E-state index in [1.54, 1.807) is 12.1 Å². The summed E-state index contributed by atoms with van der Waals surface area (Å²) in [6.45, 7) is 0.